The molecule has 2 N–H and O–H groups in total. The Balaban J connectivity index is 1.72. The number of hydrogen-bond donors (Lipinski definition) is 2. The van der Waals surface area contributed by atoms with E-state index in [1.54, 1.807) is 29.9 Å². The van der Waals surface area contributed by atoms with E-state index in [0.717, 1.165) is 31.2 Å². The minimum absolute atomic E-state index is 0.0652. The first-order valence-electron chi connectivity index (χ1n) is 13.4. The second-order valence-corrected chi connectivity index (χ2v) is 13.0. The molecule has 1 aromatic heterocycles. The van der Waals surface area contributed by atoms with E-state index in [1.165, 1.54) is 6.07 Å². The van der Waals surface area contributed by atoms with Crippen molar-refractivity contribution in [1.29, 1.82) is 0 Å². The molecule has 8 nitrogen and oxygen atoms in total. The SMILES string of the molecule is CCCCCc1ccc(C2(C)CC(c3ccn(CC(C)C)n3)=C(C(=O)NS(=O)(=O)C3CC3)C(=O)N2)c(F)c1. The maximum atomic E-state index is 15.4. The summed E-state index contributed by atoms with van der Waals surface area (Å²) in [6.07, 6.45) is 6.66. The number of hydrogen-bond acceptors (Lipinski definition) is 5. The molecular weight excluding hydrogens is 507 g/mol. The normalized spacial score (nSPS) is 20.1. The summed E-state index contributed by atoms with van der Waals surface area (Å²) in [4.78, 5) is 26.6. The summed E-state index contributed by atoms with van der Waals surface area (Å²) in [6.45, 7) is 8.54. The van der Waals surface area contributed by atoms with Crippen molar-refractivity contribution in [3.05, 3.63) is 58.7 Å². The van der Waals surface area contributed by atoms with Crippen LogP contribution in [0.5, 0.6) is 0 Å². The molecule has 1 fully saturated rings. The van der Waals surface area contributed by atoms with Crippen molar-refractivity contribution in [2.45, 2.75) is 90.0 Å². The van der Waals surface area contributed by atoms with Gasteiger partial charge < -0.3 is 5.32 Å². The lowest BCUT2D eigenvalue weighted by Gasteiger charge is -2.37. The van der Waals surface area contributed by atoms with Crippen LogP contribution < -0.4 is 10.0 Å². The summed E-state index contributed by atoms with van der Waals surface area (Å²) >= 11 is 0. The van der Waals surface area contributed by atoms with Gasteiger partial charge in [-0.1, -0.05) is 45.7 Å². The third-order valence-corrected chi connectivity index (χ3v) is 8.89. The van der Waals surface area contributed by atoms with Crippen LogP contribution in [0, 0.1) is 11.7 Å². The first-order valence-corrected chi connectivity index (χ1v) is 14.9. The first kappa shape index (κ1) is 28.0. The Kier molecular flexibility index (Phi) is 8.11. The van der Waals surface area contributed by atoms with Crippen molar-refractivity contribution < 1.29 is 22.4 Å². The average Bonchev–Trinajstić information content (AvgIpc) is 3.59. The maximum Gasteiger partial charge on any atom is 0.270 e. The molecule has 0 saturated heterocycles. The number of sulfonamides is 1. The van der Waals surface area contributed by atoms with E-state index in [9.17, 15) is 18.0 Å². The summed E-state index contributed by atoms with van der Waals surface area (Å²) in [7, 11) is -3.88. The van der Waals surface area contributed by atoms with Gasteiger partial charge in [-0.3, -0.25) is 14.3 Å². The van der Waals surface area contributed by atoms with Gasteiger partial charge in [0.1, 0.15) is 11.4 Å². The maximum absolute atomic E-state index is 15.4. The molecule has 10 heteroatoms. The topological polar surface area (TPSA) is 110 Å². The highest BCUT2D eigenvalue weighted by Crippen LogP contribution is 2.39. The van der Waals surface area contributed by atoms with Crippen LogP contribution in [0.3, 0.4) is 0 Å². The molecule has 1 atom stereocenters. The average molecular weight is 545 g/mol. The molecule has 0 spiro atoms. The zero-order chi connectivity index (χ0) is 27.7. The quantitative estimate of drug-likeness (QED) is 0.325. The minimum atomic E-state index is -3.88. The molecule has 2 amide bonds. The van der Waals surface area contributed by atoms with Crippen LogP contribution in [0.15, 0.2) is 36.0 Å². The lowest BCUT2D eigenvalue weighted by molar-refractivity contribution is -0.124. The zero-order valence-electron chi connectivity index (χ0n) is 22.5. The summed E-state index contributed by atoms with van der Waals surface area (Å²) in [5.74, 6) is -1.87. The summed E-state index contributed by atoms with van der Waals surface area (Å²) in [6, 6.07) is 6.77. The van der Waals surface area contributed by atoms with Crippen molar-refractivity contribution in [2.24, 2.45) is 5.92 Å². The molecular formula is C28H37FN4O4S. The highest BCUT2D eigenvalue weighted by atomic mass is 32.2. The van der Waals surface area contributed by atoms with Crippen molar-refractivity contribution in [3.63, 3.8) is 0 Å². The van der Waals surface area contributed by atoms with Gasteiger partial charge in [-0.15, -0.1) is 0 Å². The number of unbranched alkanes of at least 4 members (excludes halogenated alkanes) is 2. The third-order valence-electron chi connectivity index (χ3n) is 7.07. The smallest absolute Gasteiger partial charge is 0.270 e. The van der Waals surface area contributed by atoms with E-state index >= 15 is 4.39 Å². The van der Waals surface area contributed by atoms with E-state index < -0.39 is 38.4 Å². The minimum Gasteiger partial charge on any atom is -0.342 e. The number of aromatic nitrogens is 2. The highest BCUT2D eigenvalue weighted by Gasteiger charge is 2.44. The number of nitrogens with one attached hydrogen (secondary N) is 2. The Morgan fingerprint density at radius 2 is 2.00 bits per heavy atom. The molecule has 0 bridgehead atoms. The summed E-state index contributed by atoms with van der Waals surface area (Å²) < 4.78 is 44.2. The molecule has 2 aromatic rings. The molecule has 4 rings (SSSR count). The van der Waals surface area contributed by atoms with Gasteiger partial charge in [0.25, 0.3) is 11.8 Å². The van der Waals surface area contributed by atoms with E-state index in [-0.39, 0.29) is 17.6 Å². The Hall–Kier alpha value is -3.01. The van der Waals surface area contributed by atoms with Gasteiger partial charge in [-0.2, -0.15) is 5.10 Å². The second kappa shape index (κ2) is 11.0. The Morgan fingerprint density at radius 1 is 1.26 bits per heavy atom. The molecule has 0 radical (unpaired) electrons. The predicted octanol–water partition coefficient (Wildman–Crippen LogP) is 4.21. The second-order valence-electron chi connectivity index (χ2n) is 11.1. The largest absolute Gasteiger partial charge is 0.342 e. The summed E-state index contributed by atoms with van der Waals surface area (Å²) in [5, 5.41) is 6.75. The Labute approximate surface area is 224 Å². The number of carbonyl (C=O) groups excluding carboxylic acids is 2. The van der Waals surface area contributed by atoms with Crippen LogP contribution >= 0.6 is 0 Å². The molecule has 1 unspecified atom stereocenters. The molecule has 1 saturated carbocycles. The number of carbonyl (C=O) groups is 2. The Morgan fingerprint density at radius 3 is 2.63 bits per heavy atom. The van der Waals surface area contributed by atoms with Gasteiger partial charge >= 0.3 is 0 Å². The van der Waals surface area contributed by atoms with Crippen LogP contribution in [0.4, 0.5) is 4.39 Å². The van der Waals surface area contributed by atoms with E-state index in [4.69, 9.17) is 0 Å². The Bertz CT molecular complexity index is 1360. The number of nitrogens with zero attached hydrogens (tertiary/aromatic N) is 2. The van der Waals surface area contributed by atoms with Crippen LogP contribution in [0.25, 0.3) is 5.57 Å². The number of rotatable bonds is 11. The zero-order valence-corrected chi connectivity index (χ0v) is 23.3. The van der Waals surface area contributed by atoms with Crippen molar-refractivity contribution >= 4 is 27.4 Å². The predicted molar refractivity (Wildman–Crippen MR) is 144 cm³/mol. The van der Waals surface area contributed by atoms with Crippen LogP contribution in [0.2, 0.25) is 0 Å². The number of amides is 2. The molecule has 2 aliphatic rings. The monoisotopic (exact) mass is 544 g/mol. The fourth-order valence-electron chi connectivity index (χ4n) is 4.94. The number of benzene rings is 1. The molecule has 2 heterocycles. The molecule has 1 aliphatic heterocycles. The van der Waals surface area contributed by atoms with Gasteiger partial charge in [0.05, 0.1) is 16.5 Å². The number of halogens is 1. The third kappa shape index (κ3) is 6.17. The van der Waals surface area contributed by atoms with Crippen LogP contribution in [-0.4, -0.2) is 35.3 Å². The van der Waals surface area contributed by atoms with Gasteiger partial charge in [0, 0.05) is 30.3 Å². The standard InChI is InChI=1S/C28H37FN4O4S/c1-5-6-7-8-19-9-12-22(23(29)15-19)28(4)16-21(24-13-14-33(31-24)17-18(2)3)25(26(34)30-28)27(35)32-38(36,37)20-10-11-20/h9,12-15,18,20H,5-8,10-11,16-17H2,1-4H3,(H,30,34)(H,32,35). The van der Waals surface area contributed by atoms with Crippen molar-refractivity contribution in [1.82, 2.24) is 19.8 Å². The lowest BCUT2D eigenvalue weighted by atomic mass is 9.79. The van der Waals surface area contributed by atoms with Gasteiger partial charge in [-0.25, -0.2) is 17.5 Å². The van der Waals surface area contributed by atoms with Crippen molar-refractivity contribution in [2.75, 3.05) is 0 Å². The molecule has 206 valence electrons. The summed E-state index contributed by atoms with van der Waals surface area (Å²) in [5.41, 5.74) is 0.386. The van der Waals surface area contributed by atoms with E-state index in [0.29, 0.717) is 36.6 Å². The number of aryl methyl sites for hydroxylation is 1. The fourth-order valence-corrected chi connectivity index (χ4v) is 6.22. The van der Waals surface area contributed by atoms with Gasteiger partial charge in [0.2, 0.25) is 10.0 Å². The van der Waals surface area contributed by atoms with Crippen LogP contribution in [-0.2, 0) is 38.1 Å². The van der Waals surface area contributed by atoms with Crippen molar-refractivity contribution in [3.8, 4) is 0 Å². The lowest BCUT2D eigenvalue weighted by Crippen LogP contribution is -2.51. The van der Waals surface area contributed by atoms with Crippen LogP contribution in [0.1, 0.15) is 83.0 Å². The van der Waals surface area contributed by atoms with E-state index in [1.807, 2.05) is 19.9 Å². The fraction of sp³-hybridized carbons (Fsp3) is 0.536. The molecule has 1 aliphatic carbocycles. The molecule has 38 heavy (non-hydrogen) atoms. The van der Waals surface area contributed by atoms with E-state index in [2.05, 4.69) is 22.1 Å². The molecule has 1 aromatic carbocycles. The first-order chi connectivity index (χ1) is 17.9. The highest BCUT2D eigenvalue weighted by molar-refractivity contribution is 7.91. The van der Waals surface area contributed by atoms with Gasteiger partial charge in [0.15, 0.2) is 0 Å². The van der Waals surface area contributed by atoms with Gasteiger partial charge in [-0.05, 0) is 56.2 Å².